The van der Waals surface area contributed by atoms with E-state index in [0.29, 0.717) is 5.69 Å². The van der Waals surface area contributed by atoms with E-state index in [0.717, 1.165) is 25.1 Å². The first kappa shape index (κ1) is 13.3. The van der Waals surface area contributed by atoms with Crippen LogP contribution in [-0.4, -0.2) is 25.9 Å². The van der Waals surface area contributed by atoms with Crippen LogP contribution in [0.4, 0.5) is 16.2 Å². The monoisotopic (exact) mass is 262 g/mol. The molecule has 1 aromatic rings. The highest BCUT2D eigenvalue weighted by molar-refractivity contribution is 5.85. The van der Waals surface area contributed by atoms with E-state index >= 15 is 0 Å². The molecule has 2 N–H and O–H groups in total. The van der Waals surface area contributed by atoms with Crippen LogP contribution in [0.2, 0.25) is 0 Å². The maximum absolute atomic E-state index is 11.1. The van der Waals surface area contributed by atoms with Crippen molar-refractivity contribution >= 4 is 17.5 Å². The number of hydrogen-bond acceptors (Lipinski definition) is 4. The Morgan fingerprint density at radius 2 is 2.32 bits per heavy atom. The lowest BCUT2D eigenvalue weighted by Crippen LogP contribution is -2.23. The average molecular weight is 262 g/mol. The minimum absolute atomic E-state index is 0.197. The molecule has 0 bridgehead atoms. The number of carbonyl (C=O) groups is 1. The summed E-state index contributed by atoms with van der Waals surface area (Å²) in [7, 11) is 1.34. The Bertz CT molecular complexity index is 460. The quantitative estimate of drug-likeness (QED) is 0.875. The van der Waals surface area contributed by atoms with Gasteiger partial charge in [-0.2, -0.15) is 0 Å². The molecule has 0 fully saturated rings. The molecule has 1 amide bonds. The third-order valence-corrected chi connectivity index (χ3v) is 2.85. The van der Waals surface area contributed by atoms with Crippen LogP contribution in [-0.2, 0) is 9.47 Å². The van der Waals surface area contributed by atoms with Gasteiger partial charge in [-0.15, -0.1) is 0 Å². The van der Waals surface area contributed by atoms with Crippen molar-refractivity contribution in [3.05, 3.63) is 36.6 Å². The second-order valence-electron chi connectivity index (χ2n) is 4.29. The molecule has 19 heavy (non-hydrogen) atoms. The van der Waals surface area contributed by atoms with Crippen LogP contribution in [0.25, 0.3) is 0 Å². The van der Waals surface area contributed by atoms with Crippen molar-refractivity contribution in [3.63, 3.8) is 0 Å². The van der Waals surface area contributed by atoms with E-state index in [-0.39, 0.29) is 6.10 Å². The van der Waals surface area contributed by atoms with Crippen LogP contribution in [0.15, 0.2) is 36.6 Å². The summed E-state index contributed by atoms with van der Waals surface area (Å²) in [6.07, 6.45) is 5.57. The van der Waals surface area contributed by atoms with Gasteiger partial charge in [0.15, 0.2) is 0 Å². The molecule has 0 aromatic heterocycles. The van der Waals surface area contributed by atoms with Gasteiger partial charge in [0.1, 0.15) is 6.10 Å². The zero-order chi connectivity index (χ0) is 13.5. The highest BCUT2D eigenvalue weighted by Crippen LogP contribution is 2.17. The summed E-state index contributed by atoms with van der Waals surface area (Å²) in [6, 6.07) is 7.48. The molecule has 0 unspecified atom stereocenters. The van der Waals surface area contributed by atoms with Crippen LogP contribution in [0.3, 0.4) is 0 Å². The van der Waals surface area contributed by atoms with E-state index in [2.05, 4.69) is 15.4 Å². The number of benzene rings is 1. The van der Waals surface area contributed by atoms with E-state index in [1.54, 1.807) is 6.26 Å². The van der Waals surface area contributed by atoms with Gasteiger partial charge in [-0.25, -0.2) is 4.79 Å². The summed E-state index contributed by atoms with van der Waals surface area (Å²) in [5.74, 6) is 0. The van der Waals surface area contributed by atoms with Crippen molar-refractivity contribution in [3.8, 4) is 0 Å². The van der Waals surface area contributed by atoms with Gasteiger partial charge in [0.25, 0.3) is 0 Å². The Balaban J connectivity index is 1.87. The Hall–Kier alpha value is -2.17. The average Bonchev–Trinajstić information content (AvgIpc) is 2.46. The number of hydrogen-bond donors (Lipinski definition) is 2. The third-order valence-electron chi connectivity index (χ3n) is 2.85. The third kappa shape index (κ3) is 4.21. The van der Waals surface area contributed by atoms with Crippen LogP contribution >= 0.6 is 0 Å². The predicted octanol–water partition coefficient (Wildman–Crippen LogP) is 2.97. The largest absolute Gasteiger partial charge is 0.497 e. The van der Waals surface area contributed by atoms with Gasteiger partial charge < -0.3 is 14.8 Å². The van der Waals surface area contributed by atoms with E-state index < -0.39 is 6.09 Å². The van der Waals surface area contributed by atoms with Crippen molar-refractivity contribution in [2.45, 2.75) is 18.9 Å². The SMILES string of the molecule is COC(=O)Nc1cccc(NC[C@H]2CCC=CO2)c1. The molecule has 5 heteroatoms. The van der Waals surface area contributed by atoms with Crippen LogP contribution in [0.5, 0.6) is 0 Å². The van der Waals surface area contributed by atoms with Crippen molar-refractivity contribution < 1.29 is 14.3 Å². The molecule has 0 saturated heterocycles. The first-order chi connectivity index (χ1) is 9.28. The van der Waals surface area contributed by atoms with Gasteiger partial charge in [0.05, 0.1) is 19.9 Å². The minimum atomic E-state index is -0.474. The lowest BCUT2D eigenvalue weighted by molar-refractivity contribution is 0.135. The summed E-state index contributed by atoms with van der Waals surface area (Å²) in [5, 5.41) is 5.92. The van der Waals surface area contributed by atoms with E-state index in [4.69, 9.17) is 4.74 Å². The van der Waals surface area contributed by atoms with Crippen LogP contribution < -0.4 is 10.6 Å². The number of methoxy groups -OCH3 is 1. The predicted molar refractivity (Wildman–Crippen MR) is 74.2 cm³/mol. The fraction of sp³-hybridized carbons (Fsp3) is 0.357. The van der Waals surface area contributed by atoms with Crippen molar-refractivity contribution in [1.82, 2.24) is 0 Å². The molecule has 0 spiro atoms. The molecule has 0 saturated carbocycles. The zero-order valence-corrected chi connectivity index (χ0v) is 10.9. The molecular formula is C14H18N2O3. The van der Waals surface area contributed by atoms with Crippen molar-refractivity contribution in [2.24, 2.45) is 0 Å². The highest BCUT2D eigenvalue weighted by Gasteiger charge is 2.10. The molecule has 1 heterocycles. The lowest BCUT2D eigenvalue weighted by atomic mass is 10.1. The normalized spacial score (nSPS) is 17.4. The number of allylic oxidation sites excluding steroid dienone is 1. The van der Waals surface area contributed by atoms with Crippen LogP contribution in [0, 0.1) is 0 Å². The van der Waals surface area contributed by atoms with Gasteiger partial charge in [-0.1, -0.05) is 6.07 Å². The Morgan fingerprint density at radius 1 is 1.47 bits per heavy atom. The highest BCUT2D eigenvalue weighted by atomic mass is 16.5. The summed E-state index contributed by atoms with van der Waals surface area (Å²) < 4.78 is 10.0. The zero-order valence-electron chi connectivity index (χ0n) is 10.9. The van der Waals surface area contributed by atoms with Gasteiger partial charge in [-0.05, 0) is 37.1 Å². The summed E-state index contributed by atoms with van der Waals surface area (Å²) >= 11 is 0. The van der Waals surface area contributed by atoms with Gasteiger partial charge >= 0.3 is 6.09 Å². The molecule has 102 valence electrons. The smallest absolute Gasteiger partial charge is 0.411 e. The second-order valence-corrected chi connectivity index (χ2v) is 4.29. The summed E-state index contributed by atoms with van der Waals surface area (Å²) in [5.41, 5.74) is 1.63. The second kappa shape index (κ2) is 6.68. The topological polar surface area (TPSA) is 59.6 Å². The minimum Gasteiger partial charge on any atom is -0.497 e. The van der Waals surface area contributed by atoms with E-state index in [1.165, 1.54) is 7.11 Å². The maximum Gasteiger partial charge on any atom is 0.411 e. The summed E-state index contributed by atoms with van der Waals surface area (Å²) in [4.78, 5) is 11.1. The van der Waals surface area contributed by atoms with Gasteiger partial charge in [0.2, 0.25) is 0 Å². The van der Waals surface area contributed by atoms with Crippen molar-refractivity contribution in [1.29, 1.82) is 0 Å². The molecular weight excluding hydrogens is 244 g/mol. The van der Waals surface area contributed by atoms with Gasteiger partial charge in [-0.3, -0.25) is 5.32 Å². The Morgan fingerprint density at radius 3 is 3.05 bits per heavy atom. The number of carbonyl (C=O) groups excluding carboxylic acids is 1. The number of rotatable bonds is 4. The molecule has 1 aliphatic heterocycles. The molecule has 0 aliphatic carbocycles. The standard InChI is InChI=1S/C14H18N2O3/c1-18-14(17)16-12-6-4-5-11(9-12)15-10-13-7-2-3-8-19-13/h3-6,8-9,13,15H,2,7,10H2,1H3,(H,16,17)/t13-/m1/s1. The summed E-state index contributed by atoms with van der Waals surface area (Å²) in [6.45, 7) is 0.742. The number of anilines is 2. The van der Waals surface area contributed by atoms with E-state index in [9.17, 15) is 4.79 Å². The molecule has 1 aliphatic rings. The molecule has 5 nitrogen and oxygen atoms in total. The number of nitrogens with one attached hydrogen (secondary N) is 2. The first-order valence-electron chi connectivity index (χ1n) is 6.27. The Kier molecular flexibility index (Phi) is 4.66. The van der Waals surface area contributed by atoms with E-state index in [1.807, 2.05) is 30.3 Å². The van der Waals surface area contributed by atoms with Crippen LogP contribution in [0.1, 0.15) is 12.8 Å². The molecule has 0 radical (unpaired) electrons. The fourth-order valence-electron chi connectivity index (χ4n) is 1.84. The maximum atomic E-state index is 11.1. The fourth-order valence-corrected chi connectivity index (χ4v) is 1.84. The van der Waals surface area contributed by atoms with Gasteiger partial charge in [0, 0.05) is 11.4 Å². The van der Waals surface area contributed by atoms with Crippen molar-refractivity contribution in [2.75, 3.05) is 24.3 Å². The molecule has 2 rings (SSSR count). The molecule has 1 atom stereocenters. The first-order valence-corrected chi connectivity index (χ1v) is 6.27. The molecule has 1 aromatic carbocycles. The Labute approximate surface area is 112 Å². The lowest BCUT2D eigenvalue weighted by Gasteiger charge is -2.20. The number of amides is 1. The number of ether oxygens (including phenoxy) is 2.